The summed E-state index contributed by atoms with van der Waals surface area (Å²) in [7, 11) is 0. The number of amides is 1. The summed E-state index contributed by atoms with van der Waals surface area (Å²) in [6.45, 7) is 3.99. The molecule has 0 spiro atoms. The molecule has 0 saturated carbocycles. The number of benzene rings is 1. The fraction of sp³-hybridized carbons (Fsp3) is 0.389. The van der Waals surface area contributed by atoms with Crippen LogP contribution in [0.1, 0.15) is 35.9 Å². The summed E-state index contributed by atoms with van der Waals surface area (Å²) >= 11 is 0. The summed E-state index contributed by atoms with van der Waals surface area (Å²) in [5.41, 5.74) is 2.29. The van der Waals surface area contributed by atoms with Crippen LogP contribution < -0.4 is 10.6 Å². The second-order valence-electron chi connectivity index (χ2n) is 5.73. The minimum absolute atomic E-state index is 0.134. The first-order chi connectivity index (χ1) is 10.8. The number of aryl methyl sites for hydroxylation is 1. The number of rotatable bonds is 4. The Morgan fingerprint density at radius 3 is 2.77 bits per heavy atom. The van der Waals surface area contributed by atoms with Gasteiger partial charge < -0.3 is 15.1 Å². The number of carbonyl (C=O) groups is 1. The second-order valence-corrected chi connectivity index (χ2v) is 5.73. The fourth-order valence-corrected chi connectivity index (χ4v) is 2.75. The van der Waals surface area contributed by atoms with Crippen LogP contribution in [-0.2, 0) is 6.42 Å². The Kier molecular flexibility index (Phi) is 4.59. The van der Waals surface area contributed by atoms with Gasteiger partial charge in [-0.25, -0.2) is 0 Å². The second kappa shape index (κ2) is 6.79. The zero-order valence-electron chi connectivity index (χ0n) is 12.9. The van der Waals surface area contributed by atoms with Crippen molar-refractivity contribution in [1.29, 1.82) is 0 Å². The van der Waals surface area contributed by atoms with E-state index in [0.29, 0.717) is 5.76 Å². The zero-order valence-corrected chi connectivity index (χ0v) is 12.9. The molecule has 4 heteroatoms. The molecule has 1 aromatic heterocycles. The fourth-order valence-electron chi connectivity index (χ4n) is 2.75. The lowest BCUT2D eigenvalue weighted by atomic mass is 10.1. The highest BCUT2D eigenvalue weighted by Gasteiger charge is 2.18. The number of piperidine rings is 1. The summed E-state index contributed by atoms with van der Waals surface area (Å²) in [6, 6.07) is 12.0. The predicted octanol–water partition coefficient (Wildman–Crippen LogP) is 2.99. The van der Waals surface area contributed by atoms with Gasteiger partial charge in [-0.3, -0.25) is 4.79 Å². The maximum Gasteiger partial charge on any atom is 0.287 e. The normalized spacial score (nSPS) is 18.1. The van der Waals surface area contributed by atoms with E-state index < -0.39 is 0 Å². The lowest BCUT2D eigenvalue weighted by molar-refractivity contribution is 0.0903. The molecule has 0 radical (unpaired) electrons. The third-order valence-corrected chi connectivity index (χ3v) is 4.11. The van der Waals surface area contributed by atoms with Crippen LogP contribution in [-0.4, -0.2) is 25.0 Å². The van der Waals surface area contributed by atoms with Gasteiger partial charge in [-0.2, -0.15) is 0 Å². The Balaban J connectivity index is 1.68. The number of nitrogens with one attached hydrogen (secondary N) is 2. The summed E-state index contributed by atoms with van der Waals surface area (Å²) in [5, 5.41) is 6.31. The predicted molar refractivity (Wildman–Crippen MR) is 86.9 cm³/mol. The molecule has 1 aliphatic rings. The monoisotopic (exact) mass is 298 g/mol. The molecule has 0 unspecified atom stereocenters. The smallest absolute Gasteiger partial charge is 0.287 e. The van der Waals surface area contributed by atoms with E-state index >= 15 is 0 Å². The Morgan fingerprint density at radius 1 is 1.27 bits per heavy atom. The van der Waals surface area contributed by atoms with Gasteiger partial charge in [0.2, 0.25) is 0 Å². The molecule has 0 bridgehead atoms. The molecule has 1 aromatic carbocycles. The van der Waals surface area contributed by atoms with Gasteiger partial charge in [0, 0.05) is 18.2 Å². The van der Waals surface area contributed by atoms with Crippen molar-refractivity contribution in [3.8, 4) is 11.3 Å². The highest BCUT2D eigenvalue weighted by atomic mass is 16.3. The lowest BCUT2D eigenvalue weighted by Gasteiger charge is -2.23. The largest absolute Gasteiger partial charge is 0.451 e. The average molecular weight is 298 g/mol. The topological polar surface area (TPSA) is 54.3 Å². The summed E-state index contributed by atoms with van der Waals surface area (Å²) < 4.78 is 5.71. The van der Waals surface area contributed by atoms with Crippen LogP contribution in [0.5, 0.6) is 0 Å². The van der Waals surface area contributed by atoms with Crippen molar-refractivity contribution >= 4 is 5.91 Å². The van der Waals surface area contributed by atoms with E-state index in [1.54, 1.807) is 6.07 Å². The van der Waals surface area contributed by atoms with E-state index in [-0.39, 0.29) is 11.9 Å². The number of furan rings is 1. The molecule has 22 heavy (non-hydrogen) atoms. The first-order valence-corrected chi connectivity index (χ1v) is 7.97. The van der Waals surface area contributed by atoms with Gasteiger partial charge in [-0.05, 0) is 43.5 Å². The number of carbonyl (C=O) groups excluding carboxylic acids is 1. The van der Waals surface area contributed by atoms with E-state index in [0.717, 1.165) is 43.7 Å². The van der Waals surface area contributed by atoms with Gasteiger partial charge in [0.15, 0.2) is 5.76 Å². The van der Waals surface area contributed by atoms with E-state index in [2.05, 4.69) is 29.7 Å². The van der Waals surface area contributed by atoms with Gasteiger partial charge in [-0.15, -0.1) is 0 Å². The molecule has 3 rings (SSSR count). The summed E-state index contributed by atoms with van der Waals surface area (Å²) in [6.07, 6.45) is 3.13. The van der Waals surface area contributed by atoms with Crippen molar-refractivity contribution < 1.29 is 9.21 Å². The molecule has 2 heterocycles. The van der Waals surface area contributed by atoms with Gasteiger partial charge >= 0.3 is 0 Å². The maximum absolute atomic E-state index is 12.2. The molecule has 4 nitrogen and oxygen atoms in total. The molecule has 1 aliphatic heterocycles. The SMILES string of the molecule is CCc1ccc(-c2ccc(C(=O)N[C@H]3CCCNC3)o2)cc1. The molecular weight excluding hydrogens is 276 g/mol. The Hall–Kier alpha value is -2.07. The van der Waals surface area contributed by atoms with Crippen LogP contribution in [0.15, 0.2) is 40.8 Å². The van der Waals surface area contributed by atoms with Crippen molar-refractivity contribution in [2.75, 3.05) is 13.1 Å². The molecule has 1 amide bonds. The highest BCUT2D eigenvalue weighted by Crippen LogP contribution is 2.23. The summed E-state index contributed by atoms with van der Waals surface area (Å²) in [5.74, 6) is 0.972. The minimum Gasteiger partial charge on any atom is -0.451 e. The van der Waals surface area contributed by atoms with Crippen molar-refractivity contribution in [3.05, 3.63) is 47.7 Å². The first-order valence-electron chi connectivity index (χ1n) is 7.97. The molecule has 1 atom stereocenters. The van der Waals surface area contributed by atoms with Crippen molar-refractivity contribution in [1.82, 2.24) is 10.6 Å². The van der Waals surface area contributed by atoms with Gasteiger partial charge in [0.1, 0.15) is 5.76 Å². The number of hydrogen-bond acceptors (Lipinski definition) is 3. The first kappa shape index (κ1) is 14.9. The summed E-state index contributed by atoms with van der Waals surface area (Å²) in [4.78, 5) is 12.2. The minimum atomic E-state index is -0.134. The molecule has 2 N–H and O–H groups in total. The van der Waals surface area contributed by atoms with Crippen LogP contribution in [0.25, 0.3) is 11.3 Å². The van der Waals surface area contributed by atoms with Gasteiger partial charge in [0.05, 0.1) is 0 Å². The molecule has 116 valence electrons. The van der Waals surface area contributed by atoms with E-state index in [1.165, 1.54) is 5.56 Å². The van der Waals surface area contributed by atoms with Crippen LogP contribution in [0.4, 0.5) is 0 Å². The Labute approximate surface area is 130 Å². The van der Waals surface area contributed by atoms with Crippen LogP contribution >= 0.6 is 0 Å². The third kappa shape index (κ3) is 3.39. The Bertz CT molecular complexity index is 625. The molecule has 1 saturated heterocycles. The van der Waals surface area contributed by atoms with Crippen molar-refractivity contribution in [3.63, 3.8) is 0 Å². The zero-order chi connectivity index (χ0) is 15.4. The van der Waals surface area contributed by atoms with E-state index in [9.17, 15) is 4.79 Å². The van der Waals surface area contributed by atoms with Gasteiger partial charge in [-0.1, -0.05) is 31.2 Å². The standard InChI is InChI=1S/C18H22N2O2/c1-2-13-5-7-14(8-6-13)16-9-10-17(22-16)18(21)20-15-4-3-11-19-12-15/h5-10,15,19H,2-4,11-12H2,1H3,(H,20,21)/t15-/m0/s1. The van der Waals surface area contributed by atoms with Gasteiger partial charge in [0.25, 0.3) is 5.91 Å². The highest BCUT2D eigenvalue weighted by molar-refractivity contribution is 5.92. The third-order valence-electron chi connectivity index (χ3n) is 4.11. The molecule has 1 fully saturated rings. The van der Waals surface area contributed by atoms with E-state index in [1.807, 2.05) is 18.2 Å². The quantitative estimate of drug-likeness (QED) is 0.912. The molecule has 2 aromatic rings. The maximum atomic E-state index is 12.2. The van der Waals surface area contributed by atoms with Crippen molar-refractivity contribution in [2.24, 2.45) is 0 Å². The van der Waals surface area contributed by atoms with Crippen LogP contribution in [0.3, 0.4) is 0 Å². The molecule has 0 aliphatic carbocycles. The molecular formula is C18H22N2O2. The van der Waals surface area contributed by atoms with Crippen LogP contribution in [0, 0.1) is 0 Å². The average Bonchev–Trinajstić information content (AvgIpc) is 3.06. The number of hydrogen-bond donors (Lipinski definition) is 2. The Morgan fingerprint density at radius 2 is 2.09 bits per heavy atom. The van der Waals surface area contributed by atoms with Crippen molar-refractivity contribution in [2.45, 2.75) is 32.2 Å². The van der Waals surface area contributed by atoms with E-state index in [4.69, 9.17) is 4.42 Å². The van der Waals surface area contributed by atoms with Crippen LogP contribution in [0.2, 0.25) is 0 Å². The lowest BCUT2D eigenvalue weighted by Crippen LogP contribution is -2.45.